The average molecular weight is 401 g/mol. The van der Waals surface area contributed by atoms with Crippen molar-refractivity contribution in [3.8, 4) is 0 Å². The number of hydroxylamine groups is 1. The van der Waals surface area contributed by atoms with E-state index < -0.39 is 29.0 Å². The lowest BCUT2D eigenvalue weighted by Gasteiger charge is -2.14. The van der Waals surface area contributed by atoms with E-state index in [0.29, 0.717) is 0 Å². The van der Waals surface area contributed by atoms with Gasteiger partial charge < -0.3 is 10.4 Å². The summed E-state index contributed by atoms with van der Waals surface area (Å²) in [6.45, 7) is 0.237. The van der Waals surface area contributed by atoms with E-state index in [1.165, 1.54) is 12.1 Å². The number of nitrogens with one attached hydrogen (secondary N) is 2. The third kappa shape index (κ3) is 4.52. The smallest absolute Gasteiger partial charge is 0.277 e. The molecule has 5 nitrogen and oxygen atoms in total. The number of benzene rings is 2. The average Bonchev–Trinajstić information content (AvgIpc) is 3.39. The molecular weight excluding hydrogens is 385 g/mol. The van der Waals surface area contributed by atoms with Crippen LogP contribution in [-0.4, -0.2) is 24.2 Å². The number of hydrogen-bond donors (Lipinski definition) is 3. The molecule has 1 fully saturated rings. The molecule has 0 radical (unpaired) electrons. The van der Waals surface area contributed by atoms with Gasteiger partial charge in [0.05, 0.1) is 23.5 Å². The zero-order valence-electron chi connectivity index (χ0n) is 13.9. The van der Waals surface area contributed by atoms with Crippen LogP contribution in [0.25, 0.3) is 0 Å². The predicted octanol–water partition coefficient (Wildman–Crippen LogP) is 3.79. The van der Waals surface area contributed by atoms with Crippen LogP contribution < -0.4 is 10.8 Å². The monoisotopic (exact) mass is 400 g/mol. The Bertz CT molecular complexity index is 866. The van der Waals surface area contributed by atoms with Gasteiger partial charge >= 0.3 is 0 Å². The maximum Gasteiger partial charge on any atom is 0.277 e. The highest BCUT2D eigenvalue weighted by atomic mass is 35.5. The molecule has 0 aromatic heterocycles. The number of anilines is 2. The van der Waals surface area contributed by atoms with E-state index >= 15 is 0 Å². The van der Waals surface area contributed by atoms with Crippen molar-refractivity contribution < 1.29 is 27.9 Å². The van der Waals surface area contributed by atoms with Crippen LogP contribution in [-0.2, 0) is 4.84 Å². The van der Waals surface area contributed by atoms with Gasteiger partial charge in [-0.2, -0.15) is 0 Å². The molecule has 2 atom stereocenters. The van der Waals surface area contributed by atoms with Crippen LogP contribution in [0.4, 0.5) is 24.5 Å². The summed E-state index contributed by atoms with van der Waals surface area (Å²) in [4.78, 5) is 17.4. The maximum absolute atomic E-state index is 14.2. The normalized spacial score (nSPS) is 18.3. The Kier molecular flexibility index (Phi) is 5.88. The maximum atomic E-state index is 14.2. The molecule has 2 aromatic rings. The fourth-order valence-corrected chi connectivity index (χ4v) is 2.75. The minimum absolute atomic E-state index is 0.0475. The summed E-state index contributed by atoms with van der Waals surface area (Å²) < 4.78 is 41.8. The Morgan fingerprint density at radius 1 is 1.19 bits per heavy atom. The molecule has 2 unspecified atom stereocenters. The van der Waals surface area contributed by atoms with E-state index in [1.807, 2.05) is 0 Å². The zero-order valence-corrected chi connectivity index (χ0v) is 14.7. The van der Waals surface area contributed by atoms with E-state index in [-0.39, 0.29) is 41.3 Å². The van der Waals surface area contributed by atoms with E-state index in [4.69, 9.17) is 21.5 Å². The standard InChI is InChI=1S/C18H16ClF3N2O3/c19-11-1-4-15(14(21)6-11)23-17-12(2-3-13(20)16(17)22)18(26)24-27-8-10-5-9(10)7-25/h1-4,6,9-10,23,25H,5,7-8H2,(H,24,26). The highest BCUT2D eigenvalue weighted by Gasteiger charge is 2.36. The van der Waals surface area contributed by atoms with E-state index in [0.717, 1.165) is 24.6 Å². The Hall–Kier alpha value is -2.29. The first-order valence-electron chi connectivity index (χ1n) is 8.13. The minimum Gasteiger partial charge on any atom is -0.396 e. The van der Waals surface area contributed by atoms with Gasteiger partial charge in [-0.05, 0) is 48.6 Å². The van der Waals surface area contributed by atoms with E-state index in [9.17, 15) is 18.0 Å². The van der Waals surface area contributed by atoms with Crippen molar-refractivity contribution in [2.75, 3.05) is 18.5 Å². The van der Waals surface area contributed by atoms with Gasteiger partial charge in [-0.3, -0.25) is 9.63 Å². The molecule has 0 spiro atoms. The van der Waals surface area contributed by atoms with Crippen LogP contribution in [0.2, 0.25) is 5.02 Å². The van der Waals surface area contributed by atoms with E-state index in [2.05, 4.69) is 10.8 Å². The molecule has 3 rings (SSSR count). The van der Waals surface area contributed by atoms with Gasteiger partial charge in [0.15, 0.2) is 11.6 Å². The van der Waals surface area contributed by atoms with Gasteiger partial charge in [0, 0.05) is 11.6 Å². The molecule has 144 valence electrons. The van der Waals surface area contributed by atoms with Crippen LogP contribution in [0.3, 0.4) is 0 Å². The number of halogens is 4. The van der Waals surface area contributed by atoms with Crippen molar-refractivity contribution in [1.29, 1.82) is 0 Å². The van der Waals surface area contributed by atoms with Gasteiger partial charge in [0.2, 0.25) is 0 Å². The van der Waals surface area contributed by atoms with Crippen LogP contribution in [0, 0.1) is 29.3 Å². The van der Waals surface area contributed by atoms with Crippen LogP contribution in [0.5, 0.6) is 0 Å². The number of aliphatic hydroxyl groups excluding tert-OH is 1. The number of rotatable bonds is 7. The van der Waals surface area contributed by atoms with Gasteiger partial charge in [0.1, 0.15) is 5.82 Å². The summed E-state index contributed by atoms with van der Waals surface area (Å²) in [5.74, 6) is -3.87. The number of amides is 1. The molecular formula is C18H16ClF3N2O3. The third-order valence-electron chi connectivity index (χ3n) is 4.30. The van der Waals surface area contributed by atoms with Crippen molar-refractivity contribution in [1.82, 2.24) is 5.48 Å². The first-order chi connectivity index (χ1) is 12.9. The molecule has 1 aliphatic carbocycles. The van der Waals surface area contributed by atoms with Crippen molar-refractivity contribution in [2.24, 2.45) is 11.8 Å². The SMILES string of the molecule is O=C(NOCC1CC1CO)c1ccc(F)c(F)c1Nc1ccc(Cl)cc1F. The minimum atomic E-state index is -1.33. The number of hydrogen-bond acceptors (Lipinski definition) is 4. The van der Waals surface area contributed by atoms with Crippen molar-refractivity contribution in [2.45, 2.75) is 6.42 Å². The lowest BCUT2D eigenvalue weighted by molar-refractivity contribution is 0.0248. The van der Waals surface area contributed by atoms with Gasteiger partial charge in [-0.25, -0.2) is 18.7 Å². The molecule has 2 aromatic carbocycles. The second-order valence-corrected chi connectivity index (χ2v) is 6.65. The lowest BCUT2D eigenvalue weighted by atomic mass is 10.1. The summed E-state index contributed by atoms with van der Waals surface area (Å²) in [5.41, 5.74) is 1.17. The predicted molar refractivity (Wildman–Crippen MR) is 93.2 cm³/mol. The Balaban J connectivity index is 1.76. The van der Waals surface area contributed by atoms with Gasteiger partial charge in [0.25, 0.3) is 5.91 Å². The number of aliphatic hydroxyl groups is 1. The summed E-state index contributed by atoms with van der Waals surface area (Å²) in [6, 6.07) is 5.44. The lowest BCUT2D eigenvalue weighted by Crippen LogP contribution is -2.26. The van der Waals surface area contributed by atoms with Crippen LogP contribution in [0.15, 0.2) is 30.3 Å². The highest BCUT2D eigenvalue weighted by Crippen LogP contribution is 2.37. The topological polar surface area (TPSA) is 70.6 Å². The fraction of sp³-hybridized carbons (Fsp3) is 0.278. The van der Waals surface area contributed by atoms with Crippen molar-refractivity contribution in [3.05, 3.63) is 58.4 Å². The zero-order chi connectivity index (χ0) is 19.6. The van der Waals surface area contributed by atoms with Crippen LogP contribution in [0.1, 0.15) is 16.8 Å². The summed E-state index contributed by atoms with van der Waals surface area (Å²) in [6.07, 6.45) is 0.792. The molecule has 1 amide bonds. The molecule has 3 N–H and O–H groups in total. The quantitative estimate of drug-likeness (QED) is 0.618. The van der Waals surface area contributed by atoms with E-state index in [1.54, 1.807) is 0 Å². The second kappa shape index (κ2) is 8.16. The third-order valence-corrected chi connectivity index (χ3v) is 4.53. The molecule has 0 heterocycles. The summed E-state index contributed by atoms with van der Waals surface area (Å²) in [5, 5.41) is 11.5. The molecule has 27 heavy (non-hydrogen) atoms. The Labute approximate surface area is 158 Å². The molecule has 1 aliphatic rings. The van der Waals surface area contributed by atoms with Gasteiger partial charge in [-0.1, -0.05) is 11.6 Å². The fourth-order valence-electron chi connectivity index (χ4n) is 2.59. The number of carbonyl (C=O) groups is 1. The van der Waals surface area contributed by atoms with Crippen LogP contribution >= 0.6 is 11.6 Å². The first kappa shape index (κ1) is 19.5. The molecule has 0 bridgehead atoms. The highest BCUT2D eigenvalue weighted by molar-refractivity contribution is 6.30. The van der Waals surface area contributed by atoms with Crippen molar-refractivity contribution in [3.63, 3.8) is 0 Å². The second-order valence-electron chi connectivity index (χ2n) is 6.21. The van der Waals surface area contributed by atoms with Crippen molar-refractivity contribution >= 4 is 28.9 Å². The summed E-state index contributed by atoms with van der Waals surface area (Å²) in [7, 11) is 0. The molecule has 0 aliphatic heterocycles. The Morgan fingerprint density at radius 2 is 1.96 bits per heavy atom. The number of carbonyl (C=O) groups excluding carboxylic acids is 1. The molecule has 1 saturated carbocycles. The first-order valence-corrected chi connectivity index (χ1v) is 8.51. The Morgan fingerprint density at radius 3 is 2.63 bits per heavy atom. The molecule has 9 heteroatoms. The largest absolute Gasteiger partial charge is 0.396 e. The summed E-state index contributed by atoms with van der Waals surface area (Å²) >= 11 is 5.67. The van der Waals surface area contributed by atoms with Gasteiger partial charge in [-0.15, -0.1) is 0 Å². The molecule has 0 saturated heterocycles.